The van der Waals surface area contributed by atoms with Crippen molar-refractivity contribution in [1.82, 2.24) is 4.98 Å². The van der Waals surface area contributed by atoms with Gasteiger partial charge in [0.15, 0.2) is 5.13 Å². The van der Waals surface area contributed by atoms with E-state index in [1.807, 2.05) is 12.1 Å². The third kappa shape index (κ3) is 2.98. The Hall–Kier alpha value is -1.53. The SMILES string of the molecule is COC(=O)c1cccc(Sc2cnc(N)s2)c1. The number of ether oxygens (including phenoxy) is 1. The minimum Gasteiger partial charge on any atom is -0.465 e. The summed E-state index contributed by atoms with van der Waals surface area (Å²) >= 11 is 2.93. The Morgan fingerprint density at radius 3 is 3.00 bits per heavy atom. The Labute approximate surface area is 107 Å². The fourth-order valence-corrected chi connectivity index (χ4v) is 3.04. The summed E-state index contributed by atoms with van der Waals surface area (Å²) in [5.41, 5.74) is 6.09. The van der Waals surface area contributed by atoms with Crippen LogP contribution in [0.1, 0.15) is 10.4 Å². The van der Waals surface area contributed by atoms with Crippen molar-refractivity contribution >= 4 is 34.2 Å². The van der Waals surface area contributed by atoms with Crippen molar-refractivity contribution < 1.29 is 9.53 Å². The summed E-state index contributed by atoms with van der Waals surface area (Å²) in [4.78, 5) is 16.3. The van der Waals surface area contributed by atoms with Crippen molar-refractivity contribution in [3.63, 3.8) is 0 Å². The summed E-state index contributed by atoms with van der Waals surface area (Å²) in [6.07, 6.45) is 1.72. The molecule has 0 spiro atoms. The molecule has 0 radical (unpaired) electrons. The maximum atomic E-state index is 11.4. The molecule has 2 rings (SSSR count). The maximum Gasteiger partial charge on any atom is 0.337 e. The molecule has 88 valence electrons. The summed E-state index contributed by atoms with van der Waals surface area (Å²) in [6.45, 7) is 0. The molecule has 2 N–H and O–H groups in total. The Bertz CT molecular complexity index is 540. The monoisotopic (exact) mass is 266 g/mol. The van der Waals surface area contributed by atoms with Crippen LogP contribution in [0.25, 0.3) is 0 Å². The van der Waals surface area contributed by atoms with E-state index in [0.717, 1.165) is 9.10 Å². The maximum absolute atomic E-state index is 11.4. The molecule has 2 aromatic rings. The van der Waals surface area contributed by atoms with Crippen LogP contribution in [0.4, 0.5) is 5.13 Å². The lowest BCUT2D eigenvalue weighted by Gasteiger charge is -2.01. The quantitative estimate of drug-likeness (QED) is 0.865. The van der Waals surface area contributed by atoms with Crippen molar-refractivity contribution in [2.75, 3.05) is 12.8 Å². The number of rotatable bonds is 3. The molecule has 1 aromatic carbocycles. The second-order valence-electron chi connectivity index (χ2n) is 3.14. The van der Waals surface area contributed by atoms with Gasteiger partial charge in [-0.1, -0.05) is 29.2 Å². The van der Waals surface area contributed by atoms with Gasteiger partial charge in [0.25, 0.3) is 0 Å². The highest BCUT2D eigenvalue weighted by Crippen LogP contribution is 2.33. The zero-order chi connectivity index (χ0) is 12.3. The molecule has 4 nitrogen and oxygen atoms in total. The molecule has 0 saturated heterocycles. The van der Waals surface area contributed by atoms with Gasteiger partial charge >= 0.3 is 5.97 Å². The minimum atomic E-state index is -0.337. The number of carbonyl (C=O) groups excluding carboxylic acids is 1. The van der Waals surface area contributed by atoms with Crippen LogP contribution in [0, 0.1) is 0 Å². The molecule has 0 unspecified atom stereocenters. The van der Waals surface area contributed by atoms with E-state index < -0.39 is 0 Å². The van der Waals surface area contributed by atoms with Gasteiger partial charge in [-0.25, -0.2) is 9.78 Å². The van der Waals surface area contributed by atoms with Crippen molar-refractivity contribution in [1.29, 1.82) is 0 Å². The van der Waals surface area contributed by atoms with Gasteiger partial charge in [-0.15, -0.1) is 0 Å². The van der Waals surface area contributed by atoms with E-state index in [9.17, 15) is 4.79 Å². The molecule has 0 atom stereocenters. The summed E-state index contributed by atoms with van der Waals surface area (Å²) in [6, 6.07) is 7.25. The van der Waals surface area contributed by atoms with Crippen LogP contribution in [0.3, 0.4) is 0 Å². The molecule has 0 saturated carbocycles. The number of anilines is 1. The third-order valence-corrected chi connectivity index (χ3v) is 3.89. The number of nitrogen functional groups attached to an aromatic ring is 1. The van der Waals surface area contributed by atoms with Crippen LogP contribution in [0.2, 0.25) is 0 Å². The van der Waals surface area contributed by atoms with Crippen LogP contribution < -0.4 is 5.73 Å². The predicted octanol–water partition coefficient (Wildman–Crippen LogP) is 2.66. The van der Waals surface area contributed by atoms with E-state index in [0.29, 0.717) is 10.7 Å². The number of methoxy groups -OCH3 is 1. The Balaban J connectivity index is 2.19. The van der Waals surface area contributed by atoms with Crippen molar-refractivity contribution in [2.24, 2.45) is 0 Å². The average molecular weight is 266 g/mol. The molecule has 0 fully saturated rings. The number of nitrogens with zero attached hydrogens (tertiary/aromatic N) is 1. The van der Waals surface area contributed by atoms with Gasteiger partial charge in [0.1, 0.15) is 0 Å². The van der Waals surface area contributed by atoms with Gasteiger partial charge in [-0.05, 0) is 18.2 Å². The summed E-state index contributed by atoms with van der Waals surface area (Å²) in [5, 5.41) is 0.539. The molecular weight excluding hydrogens is 256 g/mol. The molecule has 1 heterocycles. The first-order chi connectivity index (χ1) is 8.19. The molecular formula is C11H10N2O2S2. The normalized spacial score (nSPS) is 10.2. The molecule has 17 heavy (non-hydrogen) atoms. The number of thiazole rings is 1. The van der Waals surface area contributed by atoms with Crippen LogP contribution in [0.5, 0.6) is 0 Å². The van der Waals surface area contributed by atoms with E-state index >= 15 is 0 Å². The molecule has 0 amide bonds. The fourth-order valence-electron chi connectivity index (χ4n) is 1.24. The minimum absolute atomic E-state index is 0.337. The van der Waals surface area contributed by atoms with Gasteiger partial charge in [0, 0.05) is 4.90 Å². The lowest BCUT2D eigenvalue weighted by molar-refractivity contribution is 0.0600. The Morgan fingerprint density at radius 2 is 2.35 bits per heavy atom. The van der Waals surface area contributed by atoms with Crippen LogP contribution in [0.15, 0.2) is 39.6 Å². The standard InChI is InChI=1S/C11H10N2O2S2/c1-15-10(14)7-3-2-4-8(5-7)16-9-6-13-11(12)17-9/h2-6H,1H3,(H2,12,13). The first-order valence-electron chi connectivity index (χ1n) is 4.76. The third-order valence-electron chi connectivity index (χ3n) is 1.98. The largest absolute Gasteiger partial charge is 0.465 e. The van der Waals surface area contributed by atoms with Crippen molar-refractivity contribution in [2.45, 2.75) is 9.10 Å². The number of aromatic nitrogens is 1. The smallest absolute Gasteiger partial charge is 0.337 e. The van der Waals surface area contributed by atoms with Gasteiger partial charge in [-0.2, -0.15) is 0 Å². The molecule has 0 aliphatic rings. The number of nitrogens with two attached hydrogens (primary N) is 1. The van der Waals surface area contributed by atoms with Gasteiger partial charge in [-0.3, -0.25) is 0 Å². The van der Waals surface area contributed by atoms with Gasteiger partial charge < -0.3 is 10.5 Å². The van der Waals surface area contributed by atoms with Gasteiger partial charge in [0.2, 0.25) is 0 Å². The lowest BCUT2D eigenvalue weighted by Crippen LogP contribution is -2.00. The molecule has 6 heteroatoms. The topological polar surface area (TPSA) is 65.2 Å². The van der Waals surface area contributed by atoms with E-state index in [2.05, 4.69) is 9.72 Å². The first kappa shape index (κ1) is 11.9. The highest BCUT2D eigenvalue weighted by molar-refractivity contribution is 8.01. The molecule has 1 aromatic heterocycles. The fraction of sp³-hybridized carbons (Fsp3) is 0.0909. The number of carbonyl (C=O) groups is 1. The number of hydrogen-bond donors (Lipinski definition) is 1. The van der Waals surface area contributed by atoms with Crippen LogP contribution in [-0.4, -0.2) is 18.1 Å². The van der Waals surface area contributed by atoms with Crippen LogP contribution >= 0.6 is 23.1 Å². The number of esters is 1. The molecule has 0 bridgehead atoms. The molecule has 0 aliphatic heterocycles. The Kier molecular flexibility index (Phi) is 3.65. The summed E-state index contributed by atoms with van der Waals surface area (Å²) in [5.74, 6) is -0.337. The first-order valence-corrected chi connectivity index (χ1v) is 6.40. The summed E-state index contributed by atoms with van der Waals surface area (Å²) in [7, 11) is 1.37. The highest BCUT2D eigenvalue weighted by atomic mass is 32.2. The number of benzene rings is 1. The Morgan fingerprint density at radius 1 is 1.53 bits per heavy atom. The van der Waals surface area contributed by atoms with Crippen molar-refractivity contribution in [3.05, 3.63) is 36.0 Å². The second kappa shape index (κ2) is 5.20. The van der Waals surface area contributed by atoms with E-state index in [4.69, 9.17) is 5.73 Å². The van der Waals surface area contributed by atoms with E-state index in [1.54, 1.807) is 18.3 Å². The zero-order valence-corrected chi connectivity index (χ0v) is 10.7. The average Bonchev–Trinajstić information content (AvgIpc) is 2.74. The zero-order valence-electron chi connectivity index (χ0n) is 9.04. The van der Waals surface area contributed by atoms with E-state index in [1.165, 1.54) is 30.2 Å². The van der Waals surface area contributed by atoms with Gasteiger partial charge in [0.05, 0.1) is 23.1 Å². The second-order valence-corrected chi connectivity index (χ2v) is 5.58. The number of hydrogen-bond acceptors (Lipinski definition) is 6. The lowest BCUT2D eigenvalue weighted by atomic mass is 10.2. The molecule has 0 aliphatic carbocycles. The van der Waals surface area contributed by atoms with E-state index in [-0.39, 0.29) is 5.97 Å². The van der Waals surface area contributed by atoms with Crippen molar-refractivity contribution in [3.8, 4) is 0 Å². The predicted molar refractivity (Wildman–Crippen MR) is 68.4 cm³/mol. The summed E-state index contributed by atoms with van der Waals surface area (Å²) < 4.78 is 5.66. The van der Waals surface area contributed by atoms with Crippen LogP contribution in [-0.2, 0) is 4.74 Å². The highest BCUT2D eigenvalue weighted by Gasteiger charge is 2.07.